The quantitative estimate of drug-likeness (QED) is 0.847. The molecule has 2 aromatic rings. The van der Waals surface area contributed by atoms with Crippen molar-refractivity contribution < 1.29 is 9.59 Å². The fourth-order valence-corrected chi connectivity index (χ4v) is 3.77. The molecule has 0 saturated carbocycles. The summed E-state index contributed by atoms with van der Waals surface area (Å²) < 4.78 is 1.91. The van der Waals surface area contributed by atoms with Crippen molar-refractivity contribution in [1.29, 1.82) is 0 Å². The Balaban J connectivity index is 1.93. The third-order valence-corrected chi connectivity index (χ3v) is 4.99. The van der Waals surface area contributed by atoms with Crippen LogP contribution in [0.1, 0.15) is 69.7 Å². The van der Waals surface area contributed by atoms with Gasteiger partial charge in [0.05, 0.1) is 5.69 Å². The summed E-state index contributed by atoms with van der Waals surface area (Å²) in [5.74, 6) is -0.104. The van der Waals surface area contributed by atoms with Crippen molar-refractivity contribution >= 4 is 17.5 Å². The van der Waals surface area contributed by atoms with E-state index in [-0.39, 0.29) is 11.8 Å². The summed E-state index contributed by atoms with van der Waals surface area (Å²) >= 11 is 0. The predicted octanol–water partition coefficient (Wildman–Crippen LogP) is 3.54. The van der Waals surface area contributed by atoms with E-state index in [9.17, 15) is 9.59 Å². The summed E-state index contributed by atoms with van der Waals surface area (Å²) in [5.41, 5.74) is 5.26. The van der Waals surface area contributed by atoms with E-state index >= 15 is 0 Å². The number of anilines is 1. The number of carbonyl (C=O) groups is 2. The second-order valence-electron chi connectivity index (χ2n) is 7.32. The van der Waals surface area contributed by atoms with Crippen LogP contribution in [0.4, 0.5) is 5.69 Å². The maximum Gasteiger partial charge on any atom is 0.287 e. The van der Waals surface area contributed by atoms with Crippen molar-refractivity contribution in [2.45, 2.75) is 59.9 Å². The van der Waals surface area contributed by atoms with E-state index in [0.29, 0.717) is 18.1 Å². The van der Waals surface area contributed by atoms with Crippen molar-refractivity contribution in [3.05, 3.63) is 46.0 Å². The first kappa shape index (κ1) is 19.1. The van der Waals surface area contributed by atoms with Crippen LogP contribution in [0.15, 0.2) is 12.1 Å². The van der Waals surface area contributed by atoms with Crippen LogP contribution in [0, 0.1) is 20.8 Å². The number of hydrogen-bond donors (Lipinski definition) is 2. The Morgan fingerprint density at radius 2 is 1.81 bits per heavy atom. The Kier molecular flexibility index (Phi) is 5.63. The third-order valence-electron chi connectivity index (χ3n) is 4.99. The van der Waals surface area contributed by atoms with Crippen molar-refractivity contribution in [3.8, 4) is 0 Å². The molecule has 0 radical (unpaired) electrons. The standard InChI is InChI=1S/C21H28N4O2/c1-5-9-22-21(27)19-23-18(16-8-6-7-10-25(16)19)20(26)24-17-14(3)11-13(2)12-15(17)4/h11-12H,5-10H2,1-4H3,(H,22,27)(H,24,26). The van der Waals surface area contributed by atoms with Gasteiger partial charge < -0.3 is 15.2 Å². The zero-order valence-corrected chi connectivity index (χ0v) is 16.6. The molecule has 2 N–H and O–H groups in total. The molecule has 0 fully saturated rings. The van der Waals surface area contributed by atoms with E-state index in [1.165, 1.54) is 0 Å². The molecule has 0 unspecified atom stereocenters. The lowest BCUT2D eigenvalue weighted by molar-refractivity contribution is 0.0937. The average Bonchev–Trinajstić information content (AvgIpc) is 3.02. The molecule has 0 atom stereocenters. The minimum atomic E-state index is -0.245. The van der Waals surface area contributed by atoms with E-state index in [1.807, 2.05) is 32.3 Å². The predicted molar refractivity (Wildman–Crippen MR) is 106 cm³/mol. The summed E-state index contributed by atoms with van der Waals surface area (Å²) in [5, 5.41) is 5.89. The molecule has 3 rings (SSSR count). The fourth-order valence-electron chi connectivity index (χ4n) is 3.77. The summed E-state index contributed by atoms with van der Waals surface area (Å²) in [7, 11) is 0. The molecule has 6 heteroatoms. The number of imidazole rings is 1. The molecular formula is C21H28N4O2. The van der Waals surface area contributed by atoms with Gasteiger partial charge in [-0.05, 0) is 57.6 Å². The monoisotopic (exact) mass is 368 g/mol. The van der Waals surface area contributed by atoms with Crippen LogP contribution in [-0.2, 0) is 13.0 Å². The molecular weight excluding hydrogens is 340 g/mol. The number of amides is 2. The highest BCUT2D eigenvalue weighted by Crippen LogP contribution is 2.25. The zero-order chi connectivity index (χ0) is 19.6. The summed E-state index contributed by atoms with van der Waals surface area (Å²) in [6.45, 7) is 9.35. The molecule has 27 heavy (non-hydrogen) atoms. The van der Waals surface area contributed by atoms with Crippen LogP contribution < -0.4 is 10.6 Å². The van der Waals surface area contributed by atoms with Gasteiger partial charge in [0.25, 0.3) is 11.8 Å². The fraction of sp³-hybridized carbons (Fsp3) is 0.476. The maximum absolute atomic E-state index is 13.0. The van der Waals surface area contributed by atoms with Gasteiger partial charge in [0.2, 0.25) is 0 Å². The second-order valence-corrected chi connectivity index (χ2v) is 7.32. The molecule has 2 heterocycles. The lowest BCUT2D eigenvalue weighted by Crippen LogP contribution is -2.28. The van der Waals surface area contributed by atoms with Crippen molar-refractivity contribution in [2.24, 2.45) is 0 Å². The highest BCUT2D eigenvalue weighted by Gasteiger charge is 2.27. The van der Waals surface area contributed by atoms with Crippen LogP contribution in [0.5, 0.6) is 0 Å². The summed E-state index contributed by atoms with van der Waals surface area (Å²) in [6.07, 6.45) is 3.63. The SMILES string of the molecule is CCCNC(=O)c1nc(C(=O)Nc2c(C)cc(C)cc2C)c2n1CCCC2. The van der Waals surface area contributed by atoms with Gasteiger partial charge in [-0.25, -0.2) is 4.98 Å². The lowest BCUT2D eigenvalue weighted by Gasteiger charge is -2.17. The van der Waals surface area contributed by atoms with Crippen LogP contribution in [-0.4, -0.2) is 27.9 Å². The third kappa shape index (κ3) is 3.89. The van der Waals surface area contributed by atoms with Crippen molar-refractivity contribution in [2.75, 3.05) is 11.9 Å². The van der Waals surface area contributed by atoms with Gasteiger partial charge >= 0.3 is 0 Å². The molecule has 0 spiro atoms. The normalized spacial score (nSPS) is 13.2. The minimum Gasteiger partial charge on any atom is -0.349 e. The van der Waals surface area contributed by atoms with Crippen molar-refractivity contribution in [1.82, 2.24) is 14.9 Å². The average molecular weight is 368 g/mol. The first-order valence-electron chi connectivity index (χ1n) is 9.69. The number of nitrogens with zero attached hydrogens (tertiary/aromatic N) is 2. The van der Waals surface area contributed by atoms with Gasteiger partial charge in [-0.15, -0.1) is 0 Å². The molecule has 1 aromatic carbocycles. The Hall–Kier alpha value is -2.63. The number of rotatable bonds is 5. The van der Waals surface area contributed by atoms with Gasteiger partial charge in [0.15, 0.2) is 11.5 Å². The van der Waals surface area contributed by atoms with Crippen LogP contribution in [0.2, 0.25) is 0 Å². The maximum atomic E-state index is 13.0. The van der Waals surface area contributed by atoms with Crippen LogP contribution in [0.25, 0.3) is 0 Å². The van der Waals surface area contributed by atoms with Crippen LogP contribution >= 0.6 is 0 Å². The van der Waals surface area contributed by atoms with E-state index in [0.717, 1.165) is 60.3 Å². The van der Waals surface area contributed by atoms with Gasteiger partial charge in [-0.3, -0.25) is 9.59 Å². The van der Waals surface area contributed by atoms with Crippen molar-refractivity contribution in [3.63, 3.8) is 0 Å². The number of aryl methyl sites for hydroxylation is 3. The molecule has 6 nitrogen and oxygen atoms in total. The molecule has 0 bridgehead atoms. The number of fused-ring (bicyclic) bond motifs is 1. The largest absolute Gasteiger partial charge is 0.349 e. The number of aromatic nitrogens is 2. The highest BCUT2D eigenvalue weighted by atomic mass is 16.2. The Bertz CT molecular complexity index is 860. The van der Waals surface area contributed by atoms with Crippen LogP contribution in [0.3, 0.4) is 0 Å². The Morgan fingerprint density at radius 1 is 1.11 bits per heavy atom. The molecule has 2 amide bonds. The van der Waals surface area contributed by atoms with Gasteiger partial charge in [-0.1, -0.05) is 24.6 Å². The Morgan fingerprint density at radius 3 is 2.48 bits per heavy atom. The minimum absolute atomic E-state index is 0.207. The lowest BCUT2D eigenvalue weighted by atomic mass is 10.0. The smallest absolute Gasteiger partial charge is 0.287 e. The molecule has 1 aliphatic rings. The highest BCUT2D eigenvalue weighted by molar-refractivity contribution is 6.05. The van der Waals surface area contributed by atoms with Gasteiger partial charge in [0, 0.05) is 18.8 Å². The molecule has 1 aromatic heterocycles. The molecule has 144 valence electrons. The zero-order valence-electron chi connectivity index (χ0n) is 16.6. The molecule has 0 aliphatic carbocycles. The van der Waals surface area contributed by atoms with Gasteiger partial charge in [-0.2, -0.15) is 0 Å². The van der Waals surface area contributed by atoms with E-state index in [1.54, 1.807) is 0 Å². The number of benzene rings is 1. The number of carbonyl (C=O) groups excluding carboxylic acids is 2. The number of nitrogens with one attached hydrogen (secondary N) is 2. The molecule has 0 saturated heterocycles. The second kappa shape index (κ2) is 7.94. The first-order valence-corrected chi connectivity index (χ1v) is 9.69. The topological polar surface area (TPSA) is 76.0 Å². The summed E-state index contributed by atoms with van der Waals surface area (Å²) in [4.78, 5) is 30.0. The van der Waals surface area contributed by atoms with Gasteiger partial charge in [0.1, 0.15) is 0 Å². The van der Waals surface area contributed by atoms with E-state index in [4.69, 9.17) is 0 Å². The Labute approximate surface area is 160 Å². The number of hydrogen-bond acceptors (Lipinski definition) is 3. The first-order chi connectivity index (χ1) is 12.9. The summed E-state index contributed by atoms with van der Waals surface area (Å²) in [6, 6.07) is 4.10. The van der Waals surface area contributed by atoms with E-state index in [2.05, 4.69) is 27.8 Å². The molecule has 1 aliphatic heterocycles. The van der Waals surface area contributed by atoms with E-state index < -0.39 is 0 Å².